The standard InChI is InChI=1S/C29H30N6O5S2/c1-34-25(16-30-28(37)18-8-5-9-19(14-18)38-2)31-32-29(34)42-17-26(36)35-22(15-21(33-35)24-12-7-13-41-24)20-10-6-11-23(39-3)27(20)40-4/h5-14,22H,15-17H2,1-4H3,(H,30,37)/t22-/m1/s1. The number of aromatic nitrogens is 3. The van der Waals surface area contributed by atoms with Gasteiger partial charge in [0.15, 0.2) is 22.5 Å². The van der Waals surface area contributed by atoms with Gasteiger partial charge in [-0.25, -0.2) is 5.01 Å². The van der Waals surface area contributed by atoms with Crippen molar-refractivity contribution in [1.82, 2.24) is 25.1 Å². The SMILES string of the molecule is COc1cccc(C(=O)NCc2nnc(SCC(=O)N3N=C(c4cccs4)C[C@@H]3c3cccc(OC)c3OC)n2C)c1. The van der Waals surface area contributed by atoms with Crippen LogP contribution in [0.25, 0.3) is 0 Å². The molecule has 13 heteroatoms. The molecule has 11 nitrogen and oxygen atoms in total. The van der Waals surface area contributed by atoms with Gasteiger partial charge in [0.1, 0.15) is 5.75 Å². The number of thiophene rings is 1. The van der Waals surface area contributed by atoms with Crippen LogP contribution in [0.5, 0.6) is 17.2 Å². The molecule has 1 aliphatic rings. The van der Waals surface area contributed by atoms with E-state index in [1.807, 2.05) is 35.7 Å². The molecule has 1 N–H and O–H groups in total. The second-order valence-electron chi connectivity index (χ2n) is 9.23. The Balaban J connectivity index is 1.29. The minimum atomic E-state index is -0.359. The smallest absolute Gasteiger partial charge is 0.253 e. The summed E-state index contributed by atoms with van der Waals surface area (Å²) in [7, 11) is 6.52. The number of hydrazone groups is 1. The van der Waals surface area contributed by atoms with Crippen molar-refractivity contribution >= 4 is 40.6 Å². The fourth-order valence-corrected chi connectivity index (χ4v) is 6.09. The average Bonchev–Trinajstić information content (AvgIpc) is 3.79. The van der Waals surface area contributed by atoms with Crippen LogP contribution in [0.3, 0.4) is 0 Å². The molecule has 0 unspecified atom stereocenters. The maximum absolute atomic E-state index is 13.6. The van der Waals surface area contributed by atoms with E-state index in [1.54, 1.807) is 68.5 Å². The van der Waals surface area contributed by atoms with Crippen LogP contribution in [0.2, 0.25) is 0 Å². The lowest BCUT2D eigenvalue weighted by Crippen LogP contribution is -2.29. The van der Waals surface area contributed by atoms with E-state index in [-0.39, 0.29) is 30.2 Å². The number of thioether (sulfide) groups is 1. The Morgan fingerprint density at radius 3 is 2.62 bits per heavy atom. The van der Waals surface area contributed by atoms with Gasteiger partial charge in [0.25, 0.3) is 11.8 Å². The lowest BCUT2D eigenvalue weighted by atomic mass is 9.99. The maximum atomic E-state index is 13.6. The van der Waals surface area contributed by atoms with Crippen molar-refractivity contribution in [2.24, 2.45) is 12.1 Å². The van der Waals surface area contributed by atoms with Crippen LogP contribution in [0.15, 0.2) is 70.2 Å². The lowest BCUT2D eigenvalue weighted by Gasteiger charge is -2.24. The molecule has 0 aliphatic carbocycles. The number of ether oxygens (including phenoxy) is 3. The fourth-order valence-electron chi connectivity index (χ4n) is 4.59. The first-order valence-corrected chi connectivity index (χ1v) is 14.9. The van der Waals surface area contributed by atoms with E-state index in [0.29, 0.717) is 40.2 Å². The number of amides is 2. The van der Waals surface area contributed by atoms with E-state index < -0.39 is 0 Å². The van der Waals surface area contributed by atoms with Gasteiger partial charge in [-0.3, -0.25) is 9.59 Å². The van der Waals surface area contributed by atoms with Crippen LogP contribution in [0.4, 0.5) is 0 Å². The number of carbonyl (C=O) groups is 2. The zero-order valence-electron chi connectivity index (χ0n) is 23.6. The summed E-state index contributed by atoms with van der Waals surface area (Å²) in [6.07, 6.45) is 0.543. The minimum absolute atomic E-state index is 0.0894. The van der Waals surface area contributed by atoms with Gasteiger partial charge < -0.3 is 24.1 Å². The molecule has 2 amide bonds. The number of rotatable bonds is 11. The molecule has 0 fully saturated rings. The van der Waals surface area contributed by atoms with Crippen molar-refractivity contribution in [3.63, 3.8) is 0 Å². The van der Waals surface area contributed by atoms with Crippen molar-refractivity contribution in [3.05, 3.63) is 81.8 Å². The zero-order chi connectivity index (χ0) is 29.6. The second kappa shape index (κ2) is 13.1. The first-order valence-electron chi connectivity index (χ1n) is 13.0. The van der Waals surface area contributed by atoms with Crippen LogP contribution in [-0.2, 0) is 18.4 Å². The van der Waals surface area contributed by atoms with Crippen molar-refractivity contribution in [2.75, 3.05) is 27.1 Å². The molecule has 0 spiro atoms. The molecule has 1 atom stereocenters. The number of para-hydroxylation sites is 1. The Hall–Kier alpha value is -4.36. The highest BCUT2D eigenvalue weighted by Crippen LogP contribution is 2.42. The predicted molar refractivity (Wildman–Crippen MR) is 160 cm³/mol. The molecule has 2 aromatic carbocycles. The van der Waals surface area contributed by atoms with Crippen LogP contribution < -0.4 is 19.5 Å². The largest absolute Gasteiger partial charge is 0.497 e. The van der Waals surface area contributed by atoms with Gasteiger partial charge in [0, 0.05) is 24.6 Å². The first-order chi connectivity index (χ1) is 20.4. The molecule has 0 saturated carbocycles. The van der Waals surface area contributed by atoms with Crippen molar-refractivity contribution in [1.29, 1.82) is 0 Å². The van der Waals surface area contributed by atoms with E-state index in [2.05, 4.69) is 15.5 Å². The van der Waals surface area contributed by atoms with E-state index in [1.165, 1.54) is 16.8 Å². The second-order valence-corrected chi connectivity index (χ2v) is 11.1. The lowest BCUT2D eigenvalue weighted by molar-refractivity contribution is -0.130. The summed E-state index contributed by atoms with van der Waals surface area (Å²) >= 11 is 2.84. The number of nitrogens with zero attached hydrogens (tertiary/aromatic N) is 5. The molecular weight excluding hydrogens is 576 g/mol. The van der Waals surface area contributed by atoms with E-state index in [4.69, 9.17) is 19.3 Å². The van der Waals surface area contributed by atoms with E-state index >= 15 is 0 Å². The molecule has 218 valence electrons. The van der Waals surface area contributed by atoms with Crippen LogP contribution in [0, 0.1) is 0 Å². The molecule has 3 heterocycles. The quantitative estimate of drug-likeness (QED) is 0.251. The van der Waals surface area contributed by atoms with Crippen molar-refractivity contribution in [3.8, 4) is 17.2 Å². The number of benzene rings is 2. The molecule has 2 aromatic heterocycles. The van der Waals surface area contributed by atoms with Gasteiger partial charge in [0.2, 0.25) is 0 Å². The summed E-state index contributed by atoms with van der Waals surface area (Å²) in [4.78, 5) is 27.2. The first kappa shape index (κ1) is 29.1. The summed E-state index contributed by atoms with van der Waals surface area (Å²) in [5.74, 6) is 1.97. The number of carbonyl (C=O) groups excluding carboxylic acids is 2. The summed E-state index contributed by atoms with van der Waals surface area (Å²) in [5, 5.41) is 20.1. The van der Waals surface area contributed by atoms with E-state index in [9.17, 15) is 9.59 Å². The Labute approximate surface area is 251 Å². The van der Waals surface area contributed by atoms with Crippen molar-refractivity contribution < 1.29 is 23.8 Å². The van der Waals surface area contributed by atoms with Crippen molar-refractivity contribution in [2.45, 2.75) is 24.2 Å². The monoisotopic (exact) mass is 606 g/mol. The Morgan fingerprint density at radius 2 is 1.88 bits per heavy atom. The molecule has 0 bridgehead atoms. The third-order valence-electron chi connectivity index (χ3n) is 6.75. The van der Waals surface area contributed by atoms with Gasteiger partial charge >= 0.3 is 0 Å². The highest BCUT2D eigenvalue weighted by atomic mass is 32.2. The molecule has 1 aliphatic heterocycles. The molecular formula is C29H30N6O5S2. The van der Waals surface area contributed by atoms with Gasteiger partial charge in [0.05, 0.1) is 50.3 Å². The molecule has 0 saturated heterocycles. The summed E-state index contributed by atoms with van der Waals surface area (Å²) in [5.41, 5.74) is 2.14. The normalized spacial score (nSPS) is 14.4. The molecule has 5 rings (SSSR count). The van der Waals surface area contributed by atoms with Crippen LogP contribution in [0.1, 0.15) is 39.1 Å². The Kier molecular flexibility index (Phi) is 9.08. The summed E-state index contributed by atoms with van der Waals surface area (Å²) in [6.45, 7) is 0.173. The average molecular weight is 607 g/mol. The molecule has 42 heavy (non-hydrogen) atoms. The molecule has 0 radical (unpaired) electrons. The van der Waals surface area contributed by atoms with E-state index in [0.717, 1.165) is 16.2 Å². The minimum Gasteiger partial charge on any atom is -0.497 e. The van der Waals surface area contributed by atoms with Gasteiger partial charge in [-0.15, -0.1) is 21.5 Å². The molecule has 4 aromatic rings. The van der Waals surface area contributed by atoms with Crippen LogP contribution in [-0.4, -0.2) is 64.4 Å². The maximum Gasteiger partial charge on any atom is 0.253 e. The topological polar surface area (TPSA) is 120 Å². The fraction of sp³-hybridized carbons (Fsp3) is 0.276. The Morgan fingerprint density at radius 1 is 1.05 bits per heavy atom. The summed E-state index contributed by atoms with van der Waals surface area (Å²) in [6, 6.07) is 16.1. The number of methoxy groups -OCH3 is 3. The number of nitrogens with one attached hydrogen (secondary N) is 1. The Bertz CT molecular complexity index is 1600. The summed E-state index contributed by atoms with van der Waals surface area (Å²) < 4.78 is 18.1. The van der Waals surface area contributed by atoms with Gasteiger partial charge in [-0.05, 0) is 35.7 Å². The third kappa shape index (κ3) is 6.11. The van der Waals surface area contributed by atoms with Crippen LogP contribution >= 0.6 is 23.1 Å². The third-order valence-corrected chi connectivity index (χ3v) is 8.68. The number of hydrogen-bond donors (Lipinski definition) is 1. The highest BCUT2D eigenvalue weighted by Gasteiger charge is 2.36. The predicted octanol–water partition coefficient (Wildman–Crippen LogP) is 4.30. The zero-order valence-corrected chi connectivity index (χ0v) is 25.2. The highest BCUT2D eigenvalue weighted by molar-refractivity contribution is 7.99. The number of hydrogen-bond acceptors (Lipinski definition) is 10. The van der Waals surface area contributed by atoms with Gasteiger partial charge in [-0.1, -0.05) is 36.0 Å². The van der Waals surface area contributed by atoms with Gasteiger partial charge in [-0.2, -0.15) is 5.10 Å².